The van der Waals surface area contributed by atoms with E-state index in [9.17, 15) is 4.79 Å². The molecule has 0 aliphatic carbocycles. The van der Waals surface area contributed by atoms with Crippen molar-refractivity contribution in [1.29, 1.82) is 0 Å². The molecule has 0 heterocycles. The molecular formula is C17H24ClNO3. The van der Waals surface area contributed by atoms with Crippen molar-refractivity contribution in [1.82, 2.24) is 4.90 Å². The van der Waals surface area contributed by atoms with Crippen LogP contribution in [0.5, 0.6) is 11.5 Å². The van der Waals surface area contributed by atoms with Gasteiger partial charge in [0.2, 0.25) is 0 Å². The lowest BCUT2D eigenvalue weighted by atomic mass is 10.1. The van der Waals surface area contributed by atoms with Crippen molar-refractivity contribution in [2.24, 2.45) is 0 Å². The maximum absolute atomic E-state index is 12.6. The zero-order valence-corrected chi connectivity index (χ0v) is 14.5. The maximum atomic E-state index is 12.6. The Bertz CT molecular complexity index is 543. The maximum Gasteiger partial charge on any atom is 0.254 e. The first-order valence-corrected chi connectivity index (χ1v) is 7.76. The predicted molar refractivity (Wildman–Crippen MR) is 90.2 cm³/mol. The molecule has 0 atom stereocenters. The minimum Gasteiger partial charge on any atom is -0.493 e. The Morgan fingerprint density at radius 2 is 2.05 bits per heavy atom. The van der Waals surface area contributed by atoms with Gasteiger partial charge >= 0.3 is 0 Å². The van der Waals surface area contributed by atoms with Crippen LogP contribution in [-0.4, -0.2) is 37.6 Å². The van der Waals surface area contributed by atoms with Gasteiger partial charge in [0.05, 0.1) is 18.7 Å². The van der Waals surface area contributed by atoms with Gasteiger partial charge in [-0.25, -0.2) is 0 Å². The molecule has 4 nitrogen and oxygen atoms in total. The molecule has 0 aromatic heterocycles. The molecule has 1 aromatic rings. The lowest BCUT2D eigenvalue weighted by Crippen LogP contribution is -2.32. The minimum absolute atomic E-state index is 0.104. The Kier molecular flexibility index (Phi) is 7.25. The summed E-state index contributed by atoms with van der Waals surface area (Å²) in [5.41, 5.74) is 1.41. The number of rotatable bonds is 8. The molecule has 0 radical (unpaired) electrons. The Hall–Kier alpha value is -1.68. The number of carbonyl (C=O) groups is 1. The van der Waals surface area contributed by atoms with Crippen LogP contribution in [0.15, 0.2) is 24.3 Å². The second-order valence-corrected chi connectivity index (χ2v) is 5.52. The number of methoxy groups -OCH3 is 1. The van der Waals surface area contributed by atoms with Crippen molar-refractivity contribution in [3.8, 4) is 11.5 Å². The van der Waals surface area contributed by atoms with Crippen molar-refractivity contribution >= 4 is 17.5 Å². The molecule has 0 saturated heterocycles. The summed E-state index contributed by atoms with van der Waals surface area (Å²) in [5, 5.41) is 0.377. The number of amides is 1. The molecule has 5 heteroatoms. The second-order valence-electron chi connectivity index (χ2n) is 5.11. The van der Waals surface area contributed by atoms with E-state index in [0.29, 0.717) is 41.8 Å². The van der Waals surface area contributed by atoms with Crippen molar-refractivity contribution in [3.05, 3.63) is 34.9 Å². The van der Waals surface area contributed by atoms with Crippen LogP contribution in [0.2, 0.25) is 5.02 Å². The average Bonchev–Trinajstić information content (AvgIpc) is 2.49. The number of hydrogen-bond donors (Lipinski definition) is 0. The number of ether oxygens (including phenoxy) is 2. The highest BCUT2D eigenvalue weighted by molar-refractivity contribution is 6.32. The third-order valence-electron chi connectivity index (χ3n) is 3.06. The van der Waals surface area contributed by atoms with Crippen LogP contribution >= 0.6 is 11.6 Å². The van der Waals surface area contributed by atoms with E-state index in [-0.39, 0.29) is 5.91 Å². The molecule has 1 rings (SSSR count). The summed E-state index contributed by atoms with van der Waals surface area (Å²) in [4.78, 5) is 14.3. The number of carbonyl (C=O) groups excluding carboxylic acids is 1. The normalized spacial score (nSPS) is 10.2. The Labute approximate surface area is 137 Å². The smallest absolute Gasteiger partial charge is 0.254 e. The van der Waals surface area contributed by atoms with E-state index in [0.717, 1.165) is 12.0 Å². The van der Waals surface area contributed by atoms with Crippen molar-refractivity contribution in [2.45, 2.75) is 27.2 Å². The van der Waals surface area contributed by atoms with Crippen LogP contribution in [0.1, 0.15) is 37.6 Å². The first kappa shape index (κ1) is 18.4. The zero-order chi connectivity index (χ0) is 16.7. The average molecular weight is 326 g/mol. The van der Waals surface area contributed by atoms with Gasteiger partial charge in [0.1, 0.15) is 0 Å². The molecule has 0 spiro atoms. The van der Waals surface area contributed by atoms with E-state index in [1.165, 1.54) is 7.11 Å². The molecule has 0 bridgehead atoms. The van der Waals surface area contributed by atoms with Gasteiger partial charge in [0, 0.05) is 18.7 Å². The van der Waals surface area contributed by atoms with Gasteiger partial charge in [-0.2, -0.15) is 0 Å². The Morgan fingerprint density at radius 1 is 1.36 bits per heavy atom. The fraction of sp³-hybridized carbons (Fsp3) is 0.471. The molecule has 22 heavy (non-hydrogen) atoms. The number of halogens is 1. The largest absolute Gasteiger partial charge is 0.493 e. The standard InChI is InChI=1S/C17H24ClNO3/c1-6-8-22-16-14(18)9-13(10-15(16)21-5)17(20)19(7-2)11-12(3)4/h9-10H,3,6-8,11H2,1-2,4-5H3. The fourth-order valence-electron chi connectivity index (χ4n) is 2.02. The highest BCUT2D eigenvalue weighted by Crippen LogP contribution is 2.36. The van der Waals surface area contributed by atoms with Crippen LogP contribution in [0.4, 0.5) is 0 Å². The van der Waals surface area contributed by atoms with Gasteiger partial charge in [-0.1, -0.05) is 30.7 Å². The monoisotopic (exact) mass is 325 g/mol. The van der Waals surface area contributed by atoms with Crippen molar-refractivity contribution in [3.63, 3.8) is 0 Å². The summed E-state index contributed by atoms with van der Waals surface area (Å²) >= 11 is 6.25. The molecule has 0 N–H and O–H groups in total. The molecule has 0 unspecified atom stereocenters. The highest BCUT2D eigenvalue weighted by atomic mass is 35.5. The minimum atomic E-state index is -0.104. The van der Waals surface area contributed by atoms with Gasteiger partial charge in [0.15, 0.2) is 11.5 Å². The number of benzene rings is 1. The highest BCUT2D eigenvalue weighted by Gasteiger charge is 2.19. The van der Waals surface area contributed by atoms with E-state index in [4.69, 9.17) is 21.1 Å². The third-order valence-corrected chi connectivity index (χ3v) is 3.34. The molecule has 0 aliphatic rings. The van der Waals surface area contributed by atoms with Crippen molar-refractivity contribution < 1.29 is 14.3 Å². The number of likely N-dealkylation sites (N-methyl/N-ethyl adjacent to an activating group) is 1. The first-order valence-electron chi connectivity index (χ1n) is 7.38. The summed E-state index contributed by atoms with van der Waals surface area (Å²) in [6.45, 7) is 11.3. The van der Waals surface area contributed by atoms with Crippen molar-refractivity contribution in [2.75, 3.05) is 26.8 Å². The predicted octanol–water partition coefficient (Wildman–Crippen LogP) is 4.18. The molecule has 0 aliphatic heterocycles. The first-order chi connectivity index (χ1) is 10.4. The van der Waals surface area contributed by atoms with Crippen LogP contribution < -0.4 is 9.47 Å². The summed E-state index contributed by atoms with van der Waals surface area (Å²) in [7, 11) is 1.53. The fourth-order valence-corrected chi connectivity index (χ4v) is 2.29. The molecule has 0 fully saturated rings. The van der Waals surface area contributed by atoms with E-state index in [1.807, 2.05) is 20.8 Å². The summed E-state index contributed by atoms with van der Waals surface area (Å²) in [5.74, 6) is 0.842. The van der Waals surface area contributed by atoms with Crippen LogP contribution in [0.25, 0.3) is 0 Å². The summed E-state index contributed by atoms with van der Waals surface area (Å²) in [6.07, 6.45) is 0.863. The van der Waals surface area contributed by atoms with Crippen LogP contribution in [0, 0.1) is 0 Å². The van der Waals surface area contributed by atoms with Gasteiger partial charge in [-0.15, -0.1) is 0 Å². The molecule has 1 amide bonds. The second kappa shape index (κ2) is 8.69. The number of hydrogen-bond acceptors (Lipinski definition) is 3. The molecule has 122 valence electrons. The van der Waals surface area contributed by atoms with Gasteiger partial charge in [-0.3, -0.25) is 4.79 Å². The molecular weight excluding hydrogens is 302 g/mol. The quantitative estimate of drug-likeness (QED) is 0.673. The Balaban J connectivity index is 3.12. The topological polar surface area (TPSA) is 38.8 Å². The zero-order valence-electron chi connectivity index (χ0n) is 13.7. The van der Waals surface area contributed by atoms with E-state index >= 15 is 0 Å². The molecule has 1 aromatic carbocycles. The SMILES string of the molecule is C=C(C)CN(CC)C(=O)c1cc(Cl)c(OCCC)c(OC)c1. The summed E-state index contributed by atoms with van der Waals surface area (Å²) < 4.78 is 10.9. The molecule has 0 saturated carbocycles. The van der Waals surface area contributed by atoms with E-state index in [2.05, 4.69) is 6.58 Å². The number of nitrogens with zero attached hydrogens (tertiary/aromatic N) is 1. The van der Waals surface area contributed by atoms with Gasteiger partial charge in [0.25, 0.3) is 5.91 Å². The lowest BCUT2D eigenvalue weighted by molar-refractivity contribution is 0.0778. The summed E-state index contributed by atoms with van der Waals surface area (Å²) in [6, 6.07) is 3.29. The van der Waals surface area contributed by atoms with E-state index < -0.39 is 0 Å². The van der Waals surface area contributed by atoms with Crippen LogP contribution in [0.3, 0.4) is 0 Å². The van der Waals surface area contributed by atoms with Gasteiger partial charge < -0.3 is 14.4 Å². The lowest BCUT2D eigenvalue weighted by Gasteiger charge is -2.22. The Morgan fingerprint density at radius 3 is 2.55 bits per heavy atom. The third kappa shape index (κ3) is 4.67. The van der Waals surface area contributed by atoms with E-state index in [1.54, 1.807) is 17.0 Å². The van der Waals surface area contributed by atoms with Crippen LogP contribution in [-0.2, 0) is 0 Å². The van der Waals surface area contributed by atoms with Gasteiger partial charge in [-0.05, 0) is 32.4 Å².